The van der Waals surface area contributed by atoms with E-state index in [0.717, 1.165) is 12.3 Å². The van der Waals surface area contributed by atoms with Crippen molar-refractivity contribution in [3.05, 3.63) is 41.9 Å². The van der Waals surface area contributed by atoms with Gasteiger partial charge in [0, 0.05) is 17.1 Å². The Morgan fingerprint density at radius 2 is 1.76 bits per heavy atom. The minimum atomic E-state index is -4.39. The van der Waals surface area contributed by atoms with Crippen LogP contribution in [0.25, 0.3) is 5.69 Å². The van der Waals surface area contributed by atoms with Crippen LogP contribution in [0.2, 0.25) is 0 Å². The maximum atomic E-state index is 15.1. The topological polar surface area (TPSA) is 105 Å². The Kier molecular flexibility index (Phi) is 6.27. The largest absolute Gasteiger partial charge is 0.392 e. The molecule has 0 amide bonds. The molecule has 1 aliphatic carbocycles. The Morgan fingerprint density at radius 1 is 1.05 bits per heavy atom. The molecule has 204 valence electrons. The highest BCUT2D eigenvalue weighted by molar-refractivity contribution is 5.63. The molecule has 1 aliphatic heterocycles. The smallest absolute Gasteiger partial charge is 0.365 e. The lowest BCUT2D eigenvalue weighted by molar-refractivity contribution is -0.148. The lowest BCUT2D eigenvalue weighted by Crippen LogP contribution is -2.60. The van der Waals surface area contributed by atoms with E-state index < -0.39 is 29.6 Å². The van der Waals surface area contributed by atoms with Gasteiger partial charge in [-0.15, -0.1) is 5.10 Å². The van der Waals surface area contributed by atoms with Crippen LogP contribution in [-0.2, 0) is 0 Å². The van der Waals surface area contributed by atoms with Crippen molar-refractivity contribution in [2.45, 2.75) is 76.2 Å². The van der Waals surface area contributed by atoms with E-state index in [1.54, 1.807) is 0 Å². The van der Waals surface area contributed by atoms with E-state index in [4.69, 9.17) is 0 Å². The zero-order valence-electron chi connectivity index (χ0n) is 21.2. The highest BCUT2D eigenvalue weighted by Gasteiger charge is 2.57. The molecular formula is C24H28F5N9. The molecule has 1 saturated heterocycles. The number of alkyl halides is 3. The lowest BCUT2D eigenvalue weighted by atomic mass is 9.79. The standard InChI is InChI=1S/C24H28F5N9/c1-22(2)8-12(9-23(3,4)35-22)32-20-17(26)10-30-21(34-20)33-18-7-19(38-11-31-36-37-38)14(6-16(18)25)13-5-15(13)24(27,28)29/h6-7,10-13,15,35H,5,8-9H2,1-4H3,(H2,30,32,33,34)/t13-,15+/m1/s1. The van der Waals surface area contributed by atoms with Gasteiger partial charge in [-0.3, -0.25) is 0 Å². The molecule has 38 heavy (non-hydrogen) atoms. The monoisotopic (exact) mass is 537 g/mol. The van der Waals surface area contributed by atoms with Gasteiger partial charge in [0.05, 0.1) is 23.5 Å². The zero-order valence-corrected chi connectivity index (χ0v) is 21.2. The number of nitrogens with one attached hydrogen (secondary N) is 3. The van der Waals surface area contributed by atoms with E-state index in [0.29, 0.717) is 12.8 Å². The van der Waals surface area contributed by atoms with E-state index in [-0.39, 0.29) is 52.2 Å². The van der Waals surface area contributed by atoms with Crippen molar-refractivity contribution < 1.29 is 22.0 Å². The van der Waals surface area contributed by atoms with Crippen LogP contribution in [-0.4, -0.2) is 53.5 Å². The summed E-state index contributed by atoms with van der Waals surface area (Å²) >= 11 is 0. The van der Waals surface area contributed by atoms with E-state index in [2.05, 4.69) is 69.1 Å². The number of nitrogens with zero attached hydrogens (tertiary/aromatic N) is 6. The van der Waals surface area contributed by atoms with E-state index in [1.165, 1.54) is 17.1 Å². The number of rotatable bonds is 6. The van der Waals surface area contributed by atoms with Crippen LogP contribution in [0.4, 0.5) is 39.4 Å². The van der Waals surface area contributed by atoms with Crippen molar-refractivity contribution in [3.63, 3.8) is 0 Å². The third kappa shape index (κ3) is 5.54. The van der Waals surface area contributed by atoms with Crippen LogP contribution in [0.5, 0.6) is 0 Å². The molecule has 9 nitrogen and oxygen atoms in total. The Labute approximate surface area is 215 Å². The van der Waals surface area contributed by atoms with Gasteiger partial charge in [0.2, 0.25) is 5.95 Å². The quantitative estimate of drug-likeness (QED) is 0.383. The maximum Gasteiger partial charge on any atom is 0.392 e. The molecule has 3 aromatic rings. The number of tetrazole rings is 1. The molecule has 3 N–H and O–H groups in total. The van der Waals surface area contributed by atoms with Crippen molar-refractivity contribution in [2.24, 2.45) is 5.92 Å². The van der Waals surface area contributed by atoms with E-state index >= 15 is 4.39 Å². The van der Waals surface area contributed by atoms with Gasteiger partial charge >= 0.3 is 6.18 Å². The third-order valence-corrected chi connectivity index (χ3v) is 6.84. The number of halogens is 5. The Balaban J connectivity index is 1.42. The predicted molar refractivity (Wildman–Crippen MR) is 129 cm³/mol. The molecule has 3 heterocycles. The SMILES string of the molecule is CC1(C)CC(Nc2nc(Nc3cc(-n4cnnn4)c([C@H]4C[C@@H]4C(F)(F)F)cc3F)ncc2F)CC(C)(C)N1. The van der Waals surface area contributed by atoms with Crippen molar-refractivity contribution in [3.8, 4) is 5.69 Å². The molecule has 5 rings (SSSR count). The fourth-order valence-electron chi connectivity index (χ4n) is 5.61. The van der Waals surface area contributed by atoms with Crippen LogP contribution >= 0.6 is 0 Å². The second kappa shape index (κ2) is 9.10. The summed E-state index contributed by atoms with van der Waals surface area (Å²) in [6.45, 7) is 8.27. The number of benzene rings is 1. The molecule has 2 fully saturated rings. The van der Waals surface area contributed by atoms with Crippen molar-refractivity contribution in [1.29, 1.82) is 0 Å². The fourth-order valence-corrected chi connectivity index (χ4v) is 5.61. The summed E-state index contributed by atoms with van der Waals surface area (Å²) < 4.78 is 70.6. The Bertz CT molecular complexity index is 1310. The van der Waals surface area contributed by atoms with Crippen LogP contribution in [0.1, 0.15) is 58.4 Å². The van der Waals surface area contributed by atoms with Crippen molar-refractivity contribution in [2.75, 3.05) is 10.6 Å². The minimum Gasteiger partial charge on any atom is -0.365 e. The number of anilines is 3. The molecule has 2 aliphatic rings. The van der Waals surface area contributed by atoms with Gasteiger partial charge in [0.25, 0.3) is 0 Å². The molecule has 0 unspecified atom stereocenters. The van der Waals surface area contributed by atoms with Gasteiger partial charge in [-0.1, -0.05) is 0 Å². The number of hydrogen-bond acceptors (Lipinski definition) is 8. The summed E-state index contributed by atoms with van der Waals surface area (Å²) in [5.74, 6) is -4.07. The Hall–Kier alpha value is -3.42. The van der Waals surface area contributed by atoms with E-state index in [9.17, 15) is 17.6 Å². The molecule has 1 saturated carbocycles. The number of aromatic nitrogens is 6. The predicted octanol–water partition coefficient (Wildman–Crippen LogP) is 4.86. The van der Waals surface area contributed by atoms with Crippen molar-refractivity contribution in [1.82, 2.24) is 35.5 Å². The lowest BCUT2D eigenvalue weighted by Gasteiger charge is -2.46. The second-order valence-electron chi connectivity index (χ2n) is 11.3. The second-order valence-corrected chi connectivity index (χ2v) is 11.3. The number of piperidine rings is 1. The number of hydrogen-bond donors (Lipinski definition) is 3. The first-order chi connectivity index (χ1) is 17.7. The van der Waals surface area contributed by atoms with Gasteiger partial charge in [-0.25, -0.2) is 18.4 Å². The van der Waals surface area contributed by atoms with Gasteiger partial charge in [0.1, 0.15) is 12.1 Å². The fraction of sp³-hybridized carbons (Fsp3) is 0.542. The zero-order chi connectivity index (χ0) is 27.5. The summed E-state index contributed by atoms with van der Waals surface area (Å²) in [5.41, 5.74) is -0.163. The summed E-state index contributed by atoms with van der Waals surface area (Å²) in [6.07, 6.45) is -0.917. The highest BCUT2D eigenvalue weighted by atomic mass is 19.4. The molecule has 2 atom stereocenters. The van der Waals surface area contributed by atoms with E-state index in [1.807, 2.05) is 0 Å². The maximum absolute atomic E-state index is 15.1. The first-order valence-electron chi connectivity index (χ1n) is 12.2. The van der Waals surface area contributed by atoms with Gasteiger partial charge in [0.15, 0.2) is 11.6 Å². The molecule has 0 spiro atoms. The van der Waals surface area contributed by atoms with Gasteiger partial charge < -0.3 is 16.0 Å². The molecule has 14 heteroatoms. The molecule has 1 aromatic carbocycles. The average Bonchev–Trinajstić information content (AvgIpc) is 3.42. The summed E-state index contributed by atoms with van der Waals surface area (Å²) in [6, 6.07) is 2.25. The molecule has 2 aromatic heterocycles. The summed E-state index contributed by atoms with van der Waals surface area (Å²) in [5, 5.41) is 20.3. The third-order valence-electron chi connectivity index (χ3n) is 6.84. The first-order valence-corrected chi connectivity index (χ1v) is 12.2. The molecule has 0 radical (unpaired) electrons. The summed E-state index contributed by atoms with van der Waals surface area (Å²) in [4.78, 5) is 8.13. The highest BCUT2D eigenvalue weighted by Crippen LogP contribution is 2.57. The normalized spacial score (nSPS) is 22.8. The van der Waals surface area contributed by atoms with Gasteiger partial charge in [-0.2, -0.15) is 18.2 Å². The summed E-state index contributed by atoms with van der Waals surface area (Å²) in [7, 11) is 0. The van der Waals surface area contributed by atoms with Crippen LogP contribution in [0, 0.1) is 17.6 Å². The molecule has 0 bridgehead atoms. The minimum absolute atomic E-state index is 0.0373. The molecular weight excluding hydrogens is 509 g/mol. The Morgan fingerprint density at radius 3 is 2.37 bits per heavy atom. The van der Waals surface area contributed by atoms with Crippen LogP contribution < -0.4 is 16.0 Å². The van der Waals surface area contributed by atoms with Crippen LogP contribution in [0.15, 0.2) is 24.7 Å². The van der Waals surface area contributed by atoms with Crippen molar-refractivity contribution >= 4 is 17.5 Å². The van der Waals surface area contributed by atoms with Crippen LogP contribution in [0.3, 0.4) is 0 Å². The first kappa shape index (κ1) is 26.2. The van der Waals surface area contributed by atoms with Gasteiger partial charge in [-0.05, 0) is 81.0 Å². The average molecular weight is 538 g/mol.